The lowest BCUT2D eigenvalue weighted by Gasteiger charge is -2.38. The van der Waals surface area contributed by atoms with Crippen molar-refractivity contribution in [3.8, 4) is 28.4 Å². The van der Waals surface area contributed by atoms with E-state index >= 15 is 0 Å². The fourth-order valence-corrected chi connectivity index (χ4v) is 8.95. The van der Waals surface area contributed by atoms with E-state index in [1.807, 2.05) is 26.0 Å². The summed E-state index contributed by atoms with van der Waals surface area (Å²) in [5.74, 6) is 0.763. The first kappa shape index (κ1) is 37.4. The van der Waals surface area contributed by atoms with Gasteiger partial charge in [-0.25, -0.2) is 0 Å². The van der Waals surface area contributed by atoms with Gasteiger partial charge in [-0.3, -0.25) is 14.4 Å². The number of aryl methyl sites for hydroxylation is 1. The number of nitrogens with zero attached hydrogens (tertiary/aromatic N) is 3. The molecule has 274 valence electrons. The molecule has 2 atom stereocenters. The third-order valence-electron chi connectivity index (χ3n) is 9.93. The molecular formula is C36H51N5O8S. The molecule has 3 aliphatic rings. The first-order valence-corrected chi connectivity index (χ1v) is 18.9. The summed E-state index contributed by atoms with van der Waals surface area (Å²) in [5, 5.41) is 6.26. The molecule has 2 heterocycles. The molecule has 2 saturated heterocycles. The highest BCUT2D eigenvalue weighted by Gasteiger charge is 2.36. The number of benzene rings is 1. The molecule has 2 aromatic carbocycles. The van der Waals surface area contributed by atoms with E-state index in [0.717, 1.165) is 36.8 Å². The second-order valence-electron chi connectivity index (χ2n) is 13.5. The zero-order chi connectivity index (χ0) is 36.2. The zero-order valence-electron chi connectivity index (χ0n) is 30.0. The van der Waals surface area contributed by atoms with Gasteiger partial charge >= 0.3 is 0 Å². The standard InChI is InChI=1S/C36H51N5O8S/c1-23(2)33(36(44)39-17-19-41(20-18-39)50(45,46)40-15-9-7-8-10-16-40)38-29-14-12-26-27(22-30(29)43)28(37-24(3)42)13-11-25-21-31(47-4)34(48-5)35(49-6)32(25)26/h12,14,21-23,28,33H,7-11,13,15-20H2,1-6H3,(H,37,42)(H,38,43)/t28-,33-/m1/s1. The van der Waals surface area contributed by atoms with Crippen LogP contribution in [-0.2, 0) is 26.2 Å². The Morgan fingerprint density at radius 1 is 0.860 bits per heavy atom. The highest BCUT2D eigenvalue weighted by molar-refractivity contribution is 7.86. The largest absolute Gasteiger partial charge is 0.493 e. The molecule has 2 N–H and O–H groups in total. The maximum Gasteiger partial charge on any atom is 0.282 e. The third-order valence-corrected chi connectivity index (χ3v) is 12.0. The van der Waals surface area contributed by atoms with Crippen molar-refractivity contribution in [2.75, 3.05) is 65.9 Å². The summed E-state index contributed by atoms with van der Waals surface area (Å²) in [5.41, 5.74) is 2.85. The average Bonchev–Trinajstić information content (AvgIpc) is 3.52. The van der Waals surface area contributed by atoms with Gasteiger partial charge in [0.2, 0.25) is 23.0 Å². The van der Waals surface area contributed by atoms with Crippen LogP contribution in [-0.4, -0.2) is 100 Å². The summed E-state index contributed by atoms with van der Waals surface area (Å²) in [6, 6.07) is 5.71. The Bertz CT molecular complexity index is 1730. The van der Waals surface area contributed by atoms with Crippen LogP contribution in [0.25, 0.3) is 11.1 Å². The second-order valence-corrected chi connectivity index (χ2v) is 15.4. The molecule has 0 saturated carbocycles. The van der Waals surface area contributed by atoms with Crippen molar-refractivity contribution in [3.63, 3.8) is 0 Å². The van der Waals surface area contributed by atoms with Crippen molar-refractivity contribution in [2.24, 2.45) is 5.92 Å². The van der Waals surface area contributed by atoms with Gasteiger partial charge in [-0.05, 0) is 66.5 Å². The van der Waals surface area contributed by atoms with Gasteiger partial charge < -0.3 is 29.7 Å². The molecule has 0 bridgehead atoms. The third kappa shape index (κ3) is 7.71. The first-order valence-electron chi connectivity index (χ1n) is 17.5. The highest BCUT2D eigenvalue weighted by atomic mass is 32.2. The van der Waals surface area contributed by atoms with E-state index in [0.29, 0.717) is 54.3 Å². The minimum Gasteiger partial charge on any atom is -0.493 e. The number of amides is 2. The fraction of sp³-hybridized carbons (Fsp3) is 0.583. The van der Waals surface area contributed by atoms with Crippen LogP contribution in [0.4, 0.5) is 5.69 Å². The SMILES string of the molecule is COc1cc2c(c(OC)c1OC)-c1ccc(N[C@@H](C(=O)N3CCN(S(=O)(=O)N4CCCCCC4)CC3)C(C)C)c(=O)cc1[C@H](NC(C)=O)CC2. The number of nitrogens with one attached hydrogen (secondary N) is 2. The molecule has 0 spiro atoms. The molecule has 5 rings (SSSR count). The Morgan fingerprint density at radius 3 is 2.08 bits per heavy atom. The number of carbonyl (C=O) groups is 2. The topological polar surface area (TPSA) is 147 Å². The van der Waals surface area contributed by atoms with E-state index < -0.39 is 22.3 Å². The lowest BCUT2D eigenvalue weighted by atomic mass is 9.95. The highest BCUT2D eigenvalue weighted by Crippen LogP contribution is 2.50. The zero-order valence-corrected chi connectivity index (χ0v) is 30.9. The van der Waals surface area contributed by atoms with Crippen LogP contribution in [0.5, 0.6) is 17.2 Å². The number of hydrogen-bond acceptors (Lipinski definition) is 9. The number of fused-ring (bicyclic) bond motifs is 3. The van der Waals surface area contributed by atoms with Crippen LogP contribution >= 0.6 is 0 Å². The summed E-state index contributed by atoms with van der Waals surface area (Å²) in [6.07, 6.45) is 4.89. The van der Waals surface area contributed by atoms with E-state index in [2.05, 4.69) is 10.6 Å². The van der Waals surface area contributed by atoms with Crippen LogP contribution < -0.4 is 30.3 Å². The molecule has 2 amide bonds. The number of anilines is 1. The van der Waals surface area contributed by atoms with E-state index in [-0.39, 0.29) is 55.0 Å². The maximum atomic E-state index is 14.0. The summed E-state index contributed by atoms with van der Waals surface area (Å²) in [6.45, 7) is 7.28. The normalized spacial score (nSPS) is 19.3. The average molecular weight is 714 g/mol. The number of methoxy groups -OCH3 is 3. The quantitative estimate of drug-likeness (QED) is 0.378. The van der Waals surface area contributed by atoms with E-state index in [1.54, 1.807) is 29.5 Å². The van der Waals surface area contributed by atoms with Crippen LogP contribution in [0.2, 0.25) is 0 Å². The number of piperazine rings is 1. The predicted octanol–water partition coefficient (Wildman–Crippen LogP) is 3.56. The molecule has 13 nitrogen and oxygen atoms in total. The Balaban J connectivity index is 1.45. The lowest BCUT2D eigenvalue weighted by molar-refractivity contribution is -0.134. The number of hydrogen-bond donors (Lipinski definition) is 2. The van der Waals surface area contributed by atoms with Crippen LogP contribution in [0.3, 0.4) is 0 Å². The van der Waals surface area contributed by atoms with Gasteiger partial charge in [-0.2, -0.15) is 17.0 Å². The monoisotopic (exact) mass is 713 g/mol. The molecule has 50 heavy (non-hydrogen) atoms. The smallest absolute Gasteiger partial charge is 0.282 e. The van der Waals surface area contributed by atoms with Crippen molar-refractivity contribution in [1.82, 2.24) is 18.8 Å². The molecule has 1 aliphatic carbocycles. The minimum atomic E-state index is -3.59. The number of carbonyl (C=O) groups excluding carboxylic acids is 2. The fourth-order valence-electron chi connectivity index (χ4n) is 7.28. The van der Waals surface area contributed by atoms with Crippen molar-refractivity contribution >= 4 is 27.7 Å². The Morgan fingerprint density at radius 2 is 1.50 bits per heavy atom. The molecule has 14 heteroatoms. The Hall–Kier alpha value is -3.88. The van der Waals surface area contributed by atoms with Gasteiger partial charge in [-0.1, -0.05) is 32.8 Å². The maximum absolute atomic E-state index is 14.0. The van der Waals surface area contributed by atoms with Gasteiger partial charge in [0.1, 0.15) is 6.04 Å². The summed E-state index contributed by atoms with van der Waals surface area (Å²) in [7, 11) is 1.04. The molecule has 0 radical (unpaired) electrons. The van der Waals surface area contributed by atoms with Gasteiger partial charge in [0.25, 0.3) is 10.2 Å². The van der Waals surface area contributed by atoms with Gasteiger partial charge in [0.15, 0.2) is 11.5 Å². The second kappa shape index (κ2) is 16.0. The van der Waals surface area contributed by atoms with Gasteiger partial charge in [0.05, 0.1) is 33.1 Å². The van der Waals surface area contributed by atoms with E-state index in [4.69, 9.17) is 14.2 Å². The number of rotatable bonds is 10. The van der Waals surface area contributed by atoms with Gasteiger partial charge in [-0.15, -0.1) is 0 Å². The van der Waals surface area contributed by atoms with Crippen molar-refractivity contribution < 1.29 is 32.2 Å². The molecule has 2 fully saturated rings. The summed E-state index contributed by atoms with van der Waals surface area (Å²) >= 11 is 0. The van der Waals surface area contributed by atoms with E-state index in [1.165, 1.54) is 24.4 Å². The Labute approximate surface area is 295 Å². The van der Waals surface area contributed by atoms with Crippen LogP contribution in [0.1, 0.15) is 70.0 Å². The lowest BCUT2D eigenvalue weighted by Crippen LogP contribution is -2.57. The summed E-state index contributed by atoms with van der Waals surface area (Å²) in [4.78, 5) is 42.0. The first-order chi connectivity index (χ1) is 23.9. The van der Waals surface area contributed by atoms with Crippen LogP contribution in [0, 0.1) is 5.92 Å². The molecular weight excluding hydrogens is 662 g/mol. The van der Waals surface area contributed by atoms with Crippen LogP contribution in [0.15, 0.2) is 29.1 Å². The summed E-state index contributed by atoms with van der Waals surface area (Å²) < 4.78 is 47.0. The number of ether oxygens (including phenoxy) is 3. The Kier molecular flexibility index (Phi) is 12.0. The molecule has 0 aromatic heterocycles. The van der Waals surface area contributed by atoms with Crippen molar-refractivity contribution in [2.45, 2.75) is 71.4 Å². The molecule has 2 aliphatic heterocycles. The predicted molar refractivity (Wildman–Crippen MR) is 192 cm³/mol. The van der Waals surface area contributed by atoms with Crippen molar-refractivity contribution in [1.29, 1.82) is 0 Å². The van der Waals surface area contributed by atoms with E-state index in [9.17, 15) is 22.8 Å². The van der Waals surface area contributed by atoms with Gasteiger partial charge in [0, 0.05) is 51.8 Å². The minimum absolute atomic E-state index is 0.186. The molecule has 0 unspecified atom stereocenters. The molecule has 2 aromatic rings. The van der Waals surface area contributed by atoms with Crippen molar-refractivity contribution in [3.05, 3.63) is 45.6 Å².